The second-order valence-corrected chi connectivity index (χ2v) is 4.00. The highest BCUT2D eigenvalue weighted by Crippen LogP contribution is 2.22. The van der Waals surface area contributed by atoms with Crippen molar-refractivity contribution in [3.05, 3.63) is 35.9 Å². The molecule has 0 saturated carbocycles. The minimum atomic E-state index is -0.697. The van der Waals surface area contributed by atoms with Gasteiger partial charge in [0.1, 0.15) is 0 Å². The summed E-state index contributed by atoms with van der Waals surface area (Å²) in [5, 5.41) is 8.71. The van der Waals surface area contributed by atoms with Gasteiger partial charge in [-0.3, -0.25) is 9.69 Å². The van der Waals surface area contributed by atoms with Crippen LogP contribution in [0.15, 0.2) is 30.3 Å². The number of nitrogens with zero attached hydrogens (tertiary/aromatic N) is 1. The molecular formula is C12H15NO2. The number of aliphatic carboxylic acids is 1. The molecule has 80 valence electrons. The highest BCUT2D eigenvalue weighted by Gasteiger charge is 2.29. The van der Waals surface area contributed by atoms with E-state index in [-0.39, 0.29) is 12.5 Å². The van der Waals surface area contributed by atoms with Crippen LogP contribution in [0.3, 0.4) is 0 Å². The molecule has 0 aromatic heterocycles. The van der Waals surface area contributed by atoms with Crippen molar-refractivity contribution in [3.63, 3.8) is 0 Å². The van der Waals surface area contributed by atoms with Gasteiger partial charge in [-0.1, -0.05) is 30.3 Å². The Morgan fingerprint density at radius 3 is 2.67 bits per heavy atom. The number of carboxylic acid groups (broad SMARTS) is 1. The Hall–Kier alpha value is -1.35. The second-order valence-electron chi connectivity index (χ2n) is 4.00. The maximum Gasteiger partial charge on any atom is 0.304 e. The number of benzene rings is 1. The predicted molar refractivity (Wildman–Crippen MR) is 57.5 cm³/mol. The van der Waals surface area contributed by atoms with Crippen LogP contribution >= 0.6 is 0 Å². The predicted octanol–water partition coefficient (Wildman–Crippen LogP) is 1.74. The average molecular weight is 205 g/mol. The lowest BCUT2D eigenvalue weighted by Gasteiger charge is -2.40. The molecule has 1 aliphatic rings. The SMILES string of the molecule is O=C(O)CC1CCN1Cc1ccccc1. The van der Waals surface area contributed by atoms with Crippen molar-refractivity contribution in [2.45, 2.75) is 25.4 Å². The van der Waals surface area contributed by atoms with Gasteiger partial charge in [-0.15, -0.1) is 0 Å². The van der Waals surface area contributed by atoms with Crippen LogP contribution in [0.5, 0.6) is 0 Å². The summed E-state index contributed by atoms with van der Waals surface area (Å²) in [4.78, 5) is 12.8. The van der Waals surface area contributed by atoms with Gasteiger partial charge in [-0.2, -0.15) is 0 Å². The number of hydrogen-bond acceptors (Lipinski definition) is 2. The van der Waals surface area contributed by atoms with Gasteiger partial charge >= 0.3 is 5.97 Å². The van der Waals surface area contributed by atoms with E-state index >= 15 is 0 Å². The molecule has 1 fully saturated rings. The smallest absolute Gasteiger partial charge is 0.304 e. The zero-order chi connectivity index (χ0) is 10.7. The lowest BCUT2D eigenvalue weighted by Crippen LogP contribution is -2.47. The Morgan fingerprint density at radius 2 is 2.13 bits per heavy atom. The van der Waals surface area contributed by atoms with E-state index in [2.05, 4.69) is 17.0 Å². The quantitative estimate of drug-likeness (QED) is 0.813. The van der Waals surface area contributed by atoms with Gasteiger partial charge in [-0.05, 0) is 12.0 Å². The van der Waals surface area contributed by atoms with Crippen LogP contribution in [0.4, 0.5) is 0 Å². The third kappa shape index (κ3) is 2.57. The van der Waals surface area contributed by atoms with Gasteiger partial charge in [0.15, 0.2) is 0 Å². The molecule has 2 rings (SSSR count). The Kier molecular flexibility index (Phi) is 3.02. The lowest BCUT2D eigenvalue weighted by atomic mass is 9.98. The van der Waals surface area contributed by atoms with Gasteiger partial charge in [0, 0.05) is 19.1 Å². The van der Waals surface area contributed by atoms with Crippen LogP contribution in [0, 0.1) is 0 Å². The molecule has 0 bridgehead atoms. The summed E-state index contributed by atoms with van der Waals surface area (Å²) in [6, 6.07) is 10.4. The molecule has 1 N–H and O–H groups in total. The van der Waals surface area contributed by atoms with Gasteiger partial charge in [0.05, 0.1) is 6.42 Å². The van der Waals surface area contributed by atoms with Gasteiger partial charge < -0.3 is 5.11 Å². The van der Waals surface area contributed by atoms with E-state index in [1.54, 1.807) is 0 Å². The number of likely N-dealkylation sites (tertiary alicyclic amines) is 1. The van der Waals surface area contributed by atoms with Crippen molar-refractivity contribution in [1.29, 1.82) is 0 Å². The molecule has 1 aromatic carbocycles. The van der Waals surface area contributed by atoms with E-state index in [1.807, 2.05) is 18.2 Å². The van der Waals surface area contributed by atoms with Crippen molar-refractivity contribution in [2.75, 3.05) is 6.54 Å². The minimum Gasteiger partial charge on any atom is -0.481 e. The molecule has 1 unspecified atom stereocenters. The number of rotatable bonds is 4. The maximum atomic E-state index is 10.6. The monoisotopic (exact) mass is 205 g/mol. The van der Waals surface area contributed by atoms with E-state index in [1.165, 1.54) is 5.56 Å². The Morgan fingerprint density at radius 1 is 1.40 bits per heavy atom. The molecule has 0 amide bonds. The zero-order valence-corrected chi connectivity index (χ0v) is 8.60. The molecule has 1 heterocycles. The van der Waals surface area contributed by atoms with Crippen molar-refractivity contribution < 1.29 is 9.90 Å². The first-order valence-electron chi connectivity index (χ1n) is 5.25. The molecule has 3 nitrogen and oxygen atoms in total. The van der Waals surface area contributed by atoms with Crippen LogP contribution in [-0.2, 0) is 11.3 Å². The highest BCUT2D eigenvalue weighted by molar-refractivity contribution is 5.67. The third-order valence-corrected chi connectivity index (χ3v) is 2.90. The van der Waals surface area contributed by atoms with E-state index in [0.717, 1.165) is 19.5 Å². The first kappa shape index (κ1) is 10.2. The maximum absolute atomic E-state index is 10.6. The Balaban J connectivity index is 1.88. The molecule has 1 saturated heterocycles. The number of hydrogen-bond donors (Lipinski definition) is 1. The summed E-state index contributed by atoms with van der Waals surface area (Å²) in [5.41, 5.74) is 1.26. The van der Waals surface area contributed by atoms with E-state index in [0.29, 0.717) is 0 Å². The largest absolute Gasteiger partial charge is 0.481 e. The summed E-state index contributed by atoms with van der Waals surface area (Å²) in [5.74, 6) is -0.697. The molecule has 15 heavy (non-hydrogen) atoms. The fraction of sp³-hybridized carbons (Fsp3) is 0.417. The van der Waals surface area contributed by atoms with Gasteiger partial charge in [0.2, 0.25) is 0 Å². The fourth-order valence-electron chi connectivity index (χ4n) is 1.95. The second kappa shape index (κ2) is 4.45. The first-order valence-corrected chi connectivity index (χ1v) is 5.25. The van der Waals surface area contributed by atoms with Crippen molar-refractivity contribution in [2.24, 2.45) is 0 Å². The summed E-state index contributed by atoms with van der Waals surface area (Å²) < 4.78 is 0. The van der Waals surface area contributed by atoms with Crippen LogP contribution < -0.4 is 0 Å². The van der Waals surface area contributed by atoms with Gasteiger partial charge in [-0.25, -0.2) is 0 Å². The molecular weight excluding hydrogens is 190 g/mol. The highest BCUT2D eigenvalue weighted by atomic mass is 16.4. The molecule has 1 aromatic rings. The number of carbonyl (C=O) groups is 1. The van der Waals surface area contributed by atoms with E-state index < -0.39 is 5.97 Å². The molecule has 1 aliphatic heterocycles. The van der Waals surface area contributed by atoms with Crippen LogP contribution in [0.1, 0.15) is 18.4 Å². The number of carboxylic acids is 1. The summed E-state index contributed by atoms with van der Waals surface area (Å²) in [6.07, 6.45) is 1.28. The summed E-state index contributed by atoms with van der Waals surface area (Å²) >= 11 is 0. The van der Waals surface area contributed by atoms with Crippen molar-refractivity contribution in [1.82, 2.24) is 4.90 Å². The van der Waals surface area contributed by atoms with Crippen LogP contribution in [0.2, 0.25) is 0 Å². The topological polar surface area (TPSA) is 40.5 Å². The van der Waals surface area contributed by atoms with Crippen molar-refractivity contribution >= 4 is 5.97 Å². The molecule has 0 aliphatic carbocycles. The van der Waals surface area contributed by atoms with E-state index in [9.17, 15) is 4.79 Å². The fourth-order valence-corrected chi connectivity index (χ4v) is 1.95. The molecule has 1 atom stereocenters. The van der Waals surface area contributed by atoms with E-state index in [4.69, 9.17) is 5.11 Å². The lowest BCUT2D eigenvalue weighted by molar-refractivity contribution is -0.139. The van der Waals surface area contributed by atoms with Crippen LogP contribution in [-0.4, -0.2) is 28.6 Å². The Labute approximate surface area is 89.3 Å². The summed E-state index contributed by atoms with van der Waals surface area (Å²) in [6.45, 7) is 1.89. The third-order valence-electron chi connectivity index (χ3n) is 2.90. The zero-order valence-electron chi connectivity index (χ0n) is 8.60. The summed E-state index contributed by atoms with van der Waals surface area (Å²) in [7, 11) is 0. The standard InChI is InChI=1S/C12H15NO2/c14-12(15)8-11-6-7-13(11)9-10-4-2-1-3-5-10/h1-5,11H,6-9H2,(H,14,15). The average Bonchev–Trinajstić information content (AvgIpc) is 2.23. The molecule has 0 radical (unpaired) electrons. The van der Waals surface area contributed by atoms with Crippen LogP contribution in [0.25, 0.3) is 0 Å². The van der Waals surface area contributed by atoms with Crippen molar-refractivity contribution in [3.8, 4) is 0 Å². The van der Waals surface area contributed by atoms with Gasteiger partial charge in [0.25, 0.3) is 0 Å². The minimum absolute atomic E-state index is 0.239. The Bertz CT molecular complexity index is 337. The molecule has 3 heteroatoms. The normalized spacial score (nSPS) is 20.9. The first-order chi connectivity index (χ1) is 7.25. The molecule has 0 spiro atoms.